The Labute approximate surface area is 159 Å². The van der Waals surface area contributed by atoms with Crippen LogP contribution >= 0.6 is 11.3 Å². The van der Waals surface area contributed by atoms with Crippen LogP contribution in [0.1, 0.15) is 9.67 Å². The molecule has 2 amide bonds. The number of amides is 2. The smallest absolute Gasteiger partial charge is 0.265 e. The molecule has 138 valence electrons. The number of hydrogen-bond donors (Lipinski definition) is 2. The minimum Gasteiger partial charge on any atom is -0.375 e. The van der Waals surface area contributed by atoms with E-state index in [1.54, 1.807) is 42.5 Å². The fourth-order valence-corrected chi connectivity index (χ4v) is 3.29. The molecule has 0 atom stereocenters. The molecular weight excluding hydrogens is 367 g/mol. The van der Waals surface area contributed by atoms with Crippen LogP contribution in [0.15, 0.2) is 60.7 Å². The van der Waals surface area contributed by atoms with Gasteiger partial charge in [-0.25, -0.2) is 4.39 Å². The van der Waals surface area contributed by atoms with E-state index in [9.17, 15) is 14.0 Å². The van der Waals surface area contributed by atoms with Crippen molar-refractivity contribution in [1.82, 2.24) is 0 Å². The number of nitrogens with one attached hydrogen (secondary N) is 2. The van der Waals surface area contributed by atoms with E-state index in [0.29, 0.717) is 16.3 Å². The third-order valence-electron chi connectivity index (χ3n) is 3.66. The van der Waals surface area contributed by atoms with Gasteiger partial charge in [0.25, 0.3) is 5.91 Å². The Hall–Kier alpha value is -3.03. The third-order valence-corrected chi connectivity index (χ3v) is 4.79. The Balaban J connectivity index is 1.63. The molecule has 0 radical (unpaired) electrons. The van der Waals surface area contributed by atoms with Gasteiger partial charge < -0.3 is 15.4 Å². The molecule has 0 aliphatic carbocycles. The standard InChI is InChI=1S/C20H17FN2O3S/c1-26-12-19(24)22-15-6-8-16(9-7-15)23-20(25)18-11-10-17(27-18)13-2-4-14(21)5-3-13/h2-11H,12H2,1H3,(H,22,24)(H,23,25). The van der Waals surface area contributed by atoms with Crippen LogP contribution < -0.4 is 10.6 Å². The van der Waals surface area contributed by atoms with Crippen molar-refractivity contribution in [3.63, 3.8) is 0 Å². The predicted molar refractivity (Wildman–Crippen MR) is 105 cm³/mol. The zero-order valence-electron chi connectivity index (χ0n) is 14.5. The second-order valence-corrected chi connectivity index (χ2v) is 6.77. The molecule has 5 nitrogen and oxygen atoms in total. The van der Waals surface area contributed by atoms with Crippen molar-refractivity contribution >= 4 is 34.5 Å². The topological polar surface area (TPSA) is 67.4 Å². The first-order chi connectivity index (χ1) is 13.0. The first kappa shape index (κ1) is 18.8. The summed E-state index contributed by atoms with van der Waals surface area (Å²) in [5.74, 6) is -0.777. The Morgan fingerprint density at radius 3 is 2.19 bits per heavy atom. The molecule has 1 heterocycles. The van der Waals surface area contributed by atoms with Crippen LogP contribution in [0.5, 0.6) is 0 Å². The molecule has 7 heteroatoms. The molecule has 0 aliphatic rings. The highest BCUT2D eigenvalue weighted by Gasteiger charge is 2.11. The molecule has 0 bridgehead atoms. The van der Waals surface area contributed by atoms with Crippen molar-refractivity contribution in [1.29, 1.82) is 0 Å². The van der Waals surface area contributed by atoms with Gasteiger partial charge in [-0.1, -0.05) is 12.1 Å². The molecule has 0 spiro atoms. The lowest BCUT2D eigenvalue weighted by molar-refractivity contribution is -0.119. The van der Waals surface area contributed by atoms with Crippen LogP contribution in [-0.2, 0) is 9.53 Å². The van der Waals surface area contributed by atoms with Gasteiger partial charge in [0.2, 0.25) is 5.91 Å². The molecule has 0 aliphatic heterocycles. The summed E-state index contributed by atoms with van der Waals surface area (Å²) in [6.07, 6.45) is 0. The highest BCUT2D eigenvalue weighted by molar-refractivity contribution is 7.17. The van der Waals surface area contributed by atoms with Gasteiger partial charge in [-0.15, -0.1) is 11.3 Å². The van der Waals surface area contributed by atoms with E-state index >= 15 is 0 Å². The third kappa shape index (κ3) is 4.99. The fourth-order valence-electron chi connectivity index (χ4n) is 2.39. The van der Waals surface area contributed by atoms with Crippen LogP contribution in [0.2, 0.25) is 0 Å². The fraction of sp³-hybridized carbons (Fsp3) is 0.100. The van der Waals surface area contributed by atoms with Gasteiger partial charge in [-0.05, 0) is 54.1 Å². The van der Waals surface area contributed by atoms with Crippen molar-refractivity contribution in [2.24, 2.45) is 0 Å². The summed E-state index contributed by atoms with van der Waals surface area (Å²) < 4.78 is 17.8. The van der Waals surface area contributed by atoms with Gasteiger partial charge in [-0.3, -0.25) is 9.59 Å². The number of hydrogen-bond acceptors (Lipinski definition) is 4. The Morgan fingerprint density at radius 1 is 0.926 bits per heavy atom. The molecular formula is C20H17FN2O3S. The normalized spacial score (nSPS) is 10.4. The number of halogens is 1. The first-order valence-electron chi connectivity index (χ1n) is 8.11. The number of thiophene rings is 1. The highest BCUT2D eigenvalue weighted by Crippen LogP contribution is 2.28. The number of carbonyl (C=O) groups excluding carboxylic acids is 2. The highest BCUT2D eigenvalue weighted by atomic mass is 32.1. The van der Waals surface area contributed by atoms with Crippen LogP contribution in [0.3, 0.4) is 0 Å². The summed E-state index contributed by atoms with van der Waals surface area (Å²) in [4.78, 5) is 25.3. The van der Waals surface area contributed by atoms with Gasteiger partial charge in [0.05, 0.1) is 4.88 Å². The van der Waals surface area contributed by atoms with E-state index in [2.05, 4.69) is 10.6 Å². The molecule has 0 saturated heterocycles. The molecule has 2 aromatic carbocycles. The van der Waals surface area contributed by atoms with Crippen molar-refractivity contribution in [3.8, 4) is 10.4 Å². The van der Waals surface area contributed by atoms with E-state index in [-0.39, 0.29) is 24.2 Å². The zero-order chi connectivity index (χ0) is 19.2. The quantitative estimate of drug-likeness (QED) is 0.662. The molecule has 0 saturated carbocycles. The van der Waals surface area contributed by atoms with Gasteiger partial charge in [0.1, 0.15) is 12.4 Å². The molecule has 0 unspecified atom stereocenters. The minimum absolute atomic E-state index is 0.0206. The molecule has 1 aromatic heterocycles. The van der Waals surface area contributed by atoms with E-state index < -0.39 is 0 Å². The lowest BCUT2D eigenvalue weighted by Gasteiger charge is -2.07. The van der Waals surface area contributed by atoms with Crippen LogP contribution in [0, 0.1) is 5.82 Å². The van der Waals surface area contributed by atoms with Gasteiger partial charge in [-0.2, -0.15) is 0 Å². The maximum absolute atomic E-state index is 13.0. The van der Waals surface area contributed by atoms with Gasteiger partial charge >= 0.3 is 0 Å². The Bertz CT molecular complexity index is 937. The van der Waals surface area contributed by atoms with Crippen molar-refractivity contribution in [3.05, 3.63) is 71.4 Å². The van der Waals surface area contributed by atoms with Crippen LogP contribution in [-0.4, -0.2) is 25.5 Å². The molecule has 27 heavy (non-hydrogen) atoms. The summed E-state index contributed by atoms with van der Waals surface area (Å²) in [6, 6.07) is 16.5. The van der Waals surface area contributed by atoms with Crippen molar-refractivity contribution in [2.75, 3.05) is 24.4 Å². The van der Waals surface area contributed by atoms with Crippen LogP contribution in [0.25, 0.3) is 10.4 Å². The average Bonchev–Trinajstić information content (AvgIpc) is 3.14. The molecule has 2 N–H and O–H groups in total. The number of methoxy groups -OCH3 is 1. The monoisotopic (exact) mass is 384 g/mol. The summed E-state index contributed by atoms with van der Waals surface area (Å²) in [7, 11) is 1.45. The van der Waals surface area contributed by atoms with E-state index in [1.807, 2.05) is 6.07 Å². The minimum atomic E-state index is -0.296. The summed E-state index contributed by atoms with van der Waals surface area (Å²) in [5.41, 5.74) is 2.09. The summed E-state index contributed by atoms with van der Waals surface area (Å²) in [6.45, 7) is -0.0206. The van der Waals surface area contributed by atoms with E-state index in [1.165, 1.54) is 30.6 Å². The number of rotatable bonds is 6. The molecule has 0 fully saturated rings. The summed E-state index contributed by atoms with van der Waals surface area (Å²) in [5, 5.41) is 5.49. The van der Waals surface area contributed by atoms with E-state index in [4.69, 9.17) is 4.74 Å². The largest absolute Gasteiger partial charge is 0.375 e. The molecule has 3 rings (SSSR count). The maximum atomic E-state index is 13.0. The number of anilines is 2. The lowest BCUT2D eigenvalue weighted by atomic mass is 10.2. The SMILES string of the molecule is COCC(=O)Nc1ccc(NC(=O)c2ccc(-c3ccc(F)cc3)s2)cc1. The van der Waals surface area contributed by atoms with Crippen molar-refractivity contribution < 1.29 is 18.7 Å². The Kier molecular flexibility index (Phi) is 5.95. The first-order valence-corrected chi connectivity index (χ1v) is 8.93. The summed E-state index contributed by atoms with van der Waals surface area (Å²) >= 11 is 1.33. The van der Waals surface area contributed by atoms with E-state index in [0.717, 1.165) is 10.4 Å². The van der Waals surface area contributed by atoms with Gasteiger partial charge in [0.15, 0.2) is 0 Å². The predicted octanol–water partition coefficient (Wildman–Crippen LogP) is 4.39. The Morgan fingerprint density at radius 2 is 1.56 bits per heavy atom. The zero-order valence-corrected chi connectivity index (χ0v) is 15.3. The molecule has 3 aromatic rings. The maximum Gasteiger partial charge on any atom is 0.265 e. The lowest BCUT2D eigenvalue weighted by Crippen LogP contribution is -2.17. The van der Waals surface area contributed by atoms with Crippen LogP contribution in [0.4, 0.5) is 15.8 Å². The average molecular weight is 384 g/mol. The number of benzene rings is 2. The number of ether oxygens (including phenoxy) is 1. The van der Waals surface area contributed by atoms with Gasteiger partial charge in [0, 0.05) is 23.4 Å². The van der Waals surface area contributed by atoms with Crippen molar-refractivity contribution in [2.45, 2.75) is 0 Å². The number of carbonyl (C=O) groups is 2. The second-order valence-electron chi connectivity index (χ2n) is 5.68. The second kappa shape index (κ2) is 8.57.